The molecule has 2 rings (SSSR count). The number of nitrogens with one attached hydrogen (secondary N) is 1. The predicted molar refractivity (Wildman–Crippen MR) is 64.7 cm³/mol. The summed E-state index contributed by atoms with van der Waals surface area (Å²) < 4.78 is 5.35. The summed E-state index contributed by atoms with van der Waals surface area (Å²) >= 11 is 11.9. The van der Waals surface area contributed by atoms with Gasteiger partial charge < -0.3 is 9.73 Å². The molecule has 0 atom stereocenters. The molecular formula is C11H10Cl2N2O. The van der Waals surface area contributed by atoms with Crippen molar-refractivity contribution in [2.24, 2.45) is 0 Å². The monoisotopic (exact) mass is 256 g/mol. The van der Waals surface area contributed by atoms with E-state index in [1.807, 2.05) is 7.05 Å². The number of aromatic nitrogens is 1. The molecule has 2 aromatic rings. The van der Waals surface area contributed by atoms with Gasteiger partial charge in [-0.15, -0.1) is 0 Å². The SMILES string of the molecule is CNCc1coc(-c2ccc(Cl)cc2Cl)n1. The molecule has 1 aromatic heterocycles. The summed E-state index contributed by atoms with van der Waals surface area (Å²) in [5, 5.41) is 4.12. The first-order chi connectivity index (χ1) is 7.70. The Kier molecular flexibility index (Phi) is 3.49. The molecule has 0 saturated carbocycles. The van der Waals surface area contributed by atoms with Gasteiger partial charge in [-0.3, -0.25) is 0 Å². The molecule has 1 heterocycles. The second-order valence-electron chi connectivity index (χ2n) is 3.30. The van der Waals surface area contributed by atoms with Crippen LogP contribution in [0.15, 0.2) is 28.9 Å². The molecule has 5 heteroatoms. The fourth-order valence-corrected chi connectivity index (χ4v) is 1.85. The molecule has 84 valence electrons. The lowest BCUT2D eigenvalue weighted by molar-refractivity contribution is 0.571. The van der Waals surface area contributed by atoms with E-state index in [1.165, 1.54) is 0 Å². The summed E-state index contributed by atoms with van der Waals surface area (Å²) in [6.45, 7) is 0.661. The topological polar surface area (TPSA) is 38.1 Å². The number of hydrogen-bond acceptors (Lipinski definition) is 3. The summed E-state index contributed by atoms with van der Waals surface area (Å²) in [6, 6.07) is 5.21. The van der Waals surface area contributed by atoms with Crippen LogP contribution >= 0.6 is 23.2 Å². The average Bonchev–Trinajstić information content (AvgIpc) is 2.67. The van der Waals surface area contributed by atoms with Crippen LogP contribution in [0.5, 0.6) is 0 Å². The molecule has 0 fully saturated rings. The van der Waals surface area contributed by atoms with Crippen molar-refractivity contribution in [1.29, 1.82) is 0 Å². The van der Waals surface area contributed by atoms with Crippen molar-refractivity contribution < 1.29 is 4.42 Å². The minimum Gasteiger partial charge on any atom is -0.444 e. The van der Waals surface area contributed by atoms with Crippen LogP contribution in [0.2, 0.25) is 10.0 Å². The third kappa shape index (κ3) is 2.38. The Morgan fingerprint density at radius 2 is 2.19 bits per heavy atom. The van der Waals surface area contributed by atoms with E-state index in [1.54, 1.807) is 24.5 Å². The molecule has 0 saturated heterocycles. The van der Waals surface area contributed by atoms with Crippen LogP contribution in [0.25, 0.3) is 11.5 Å². The first-order valence-corrected chi connectivity index (χ1v) is 5.50. The van der Waals surface area contributed by atoms with E-state index in [-0.39, 0.29) is 0 Å². The highest BCUT2D eigenvalue weighted by Gasteiger charge is 2.10. The number of rotatable bonds is 3. The van der Waals surface area contributed by atoms with Gasteiger partial charge in [0.1, 0.15) is 6.26 Å². The van der Waals surface area contributed by atoms with Crippen molar-refractivity contribution in [3.8, 4) is 11.5 Å². The summed E-state index contributed by atoms with van der Waals surface area (Å²) in [5.41, 5.74) is 1.58. The maximum Gasteiger partial charge on any atom is 0.227 e. The third-order valence-corrected chi connectivity index (χ3v) is 2.62. The van der Waals surface area contributed by atoms with Gasteiger partial charge in [-0.1, -0.05) is 23.2 Å². The normalized spacial score (nSPS) is 10.7. The zero-order valence-electron chi connectivity index (χ0n) is 8.63. The largest absolute Gasteiger partial charge is 0.444 e. The van der Waals surface area contributed by atoms with E-state index in [0.29, 0.717) is 22.5 Å². The molecular weight excluding hydrogens is 247 g/mol. The maximum absolute atomic E-state index is 6.05. The predicted octanol–water partition coefficient (Wildman–Crippen LogP) is 3.37. The lowest BCUT2D eigenvalue weighted by Crippen LogP contribution is -2.04. The molecule has 1 N–H and O–H groups in total. The fraction of sp³-hybridized carbons (Fsp3) is 0.182. The van der Waals surface area contributed by atoms with Crippen LogP contribution in [-0.4, -0.2) is 12.0 Å². The number of hydrogen-bond donors (Lipinski definition) is 1. The lowest BCUT2D eigenvalue weighted by atomic mass is 10.2. The first-order valence-electron chi connectivity index (χ1n) is 4.75. The van der Waals surface area contributed by atoms with Crippen molar-refractivity contribution >= 4 is 23.2 Å². The van der Waals surface area contributed by atoms with Gasteiger partial charge >= 0.3 is 0 Å². The van der Waals surface area contributed by atoms with Crippen LogP contribution in [0.4, 0.5) is 0 Å². The van der Waals surface area contributed by atoms with E-state index in [2.05, 4.69) is 10.3 Å². The Morgan fingerprint density at radius 3 is 2.88 bits per heavy atom. The second kappa shape index (κ2) is 4.87. The minimum atomic E-state index is 0.506. The molecule has 0 unspecified atom stereocenters. The van der Waals surface area contributed by atoms with E-state index in [9.17, 15) is 0 Å². The quantitative estimate of drug-likeness (QED) is 0.916. The molecule has 1 aromatic carbocycles. The number of benzene rings is 1. The summed E-state index contributed by atoms with van der Waals surface area (Å²) in [6.07, 6.45) is 1.61. The van der Waals surface area contributed by atoms with Crippen molar-refractivity contribution in [3.05, 3.63) is 40.2 Å². The average molecular weight is 257 g/mol. The van der Waals surface area contributed by atoms with E-state index in [0.717, 1.165) is 11.3 Å². The Morgan fingerprint density at radius 1 is 1.38 bits per heavy atom. The molecule has 0 radical (unpaired) electrons. The first kappa shape index (κ1) is 11.5. The Bertz CT molecular complexity index is 496. The van der Waals surface area contributed by atoms with Crippen LogP contribution in [0.1, 0.15) is 5.69 Å². The van der Waals surface area contributed by atoms with E-state index >= 15 is 0 Å². The van der Waals surface area contributed by atoms with Gasteiger partial charge in [0.15, 0.2) is 0 Å². The van der Waals surface area contributed by atoms with Crippen molar-refractivity contribution in [3.63, 3.8) is 0 Å². The second-order valence-corrected chi connectivity index (χ2v) is 4.14. The standard InChI is InChI=1S/C11H10Cl2N2O/c1-14-5-8-6-16-11(15-8)9-3-2-7(12)4-10(9)13/h2-4,6,14H,5H2,1H3. The molecule has 16 heavy (non-hydrogen) atoms. The molecule has 0 amide bonds. The van der Waals surface area contributed by atoms with Gasteiger partial charge in [0.25, 0.3) is 0 Å². The van der Waals surface area contributed by atoms with Gasteiger partial charge in [0.05, 0.1) is 16.3 Å². The van der Waals surface area contributed by atoms with Crippen LogP contribution in [0, 0.1) is 0 Å². The summed E-state index contributed by atoms with van der Waals surface area (Å²) in [4.78, 5) is 4.30. The van der Waals surface area contributed by atoms with Gasteiger partial charge in [0, 0.05) is 11.6 Å². The minimum absolute atomic E-state index is 0.506. The van der Waals surface area contributed by atoms with Gasteiger partial charge in [-0.05, 0) is 25.2 Å². The van der Waals surface area contributed by atoms with Gasteiger partial charge in [-0.25, -0.2) is 4.98 Å². The van der Waals surface area contributed by atoms with Crippen molar-refractivity contribution in [2.45, 2.75) is 6.54 Å². The molecule has 3 nitrogen and oxygen atoms in total. The van der Waals surface area contributed by atoms with Gasteiger partial charge in [-0.2, -0.15) is 0 Å². The summed E-state index contributed by atoms with van der Waals surface area (Å²) in [7, 11) is 1.85. The van der Waals surface area contributed by atoms with Gasteiger partial charge in [0.2, 0.25) is 5.89 Å². The Balaban J connectivity index is 2.35. The molecule has 0 aliphatic rings. The third-order valence-electron chi connectivity index (χ3n) is 2.07. The van der Waals surface area contributed by atoms with Crippen molar-refractivity contribution in [1.82, 2.24) is 10.3 Å². The molecule has 0 aliphatic carbocycles. The fourth-order valence-electron chi connectivity index (χ4n) is 1.36. The molecule has 0 bridgehead atoms. The smallest absolute Gasteiger partial charge is 0.227 e. The summed E-state index contributed by atoms with van der Waals surface area (Å²) in [5.74, 6) is 0.506. The molecule has 0 spiro atoms. The molecule has 0 aliphatic heterocycles. The maximum atomic E-state index is 6.05. The highest BCUT2D eigenvalue weighted by atomic mass is 35.5. The number of oxazole rings is 1. The van der Waals surface area contributed by atoms with Crippen molar-refractivity contribution in [2.75, 3.05) is 7.05 Å². The Hall–Kier alpha value is -1.03. The van der Waals surface area contributed by atoms with Crippen LogP contribution in [-0.2, 0) is 6.54 Å². The lowest BCUT2D eigenvalue weighted by Gasteiger charge is -1.99. The van der Waals surface area contributed by atoms with E-state index < -0.39 is 0 Å². The highest BCUT2D eigenvalue weighted by molar-refractivity contribution is 6.36. The number of halogens is 2. The zero-order chi connectivity index (χ0) is 11.5. The van der Waals surface area contributed by atoms with E-state index in [4.69, 9.17) is 27.6 Å². The van der Waals surface area contributed by atoms with Crippen LogP contribution < -0.4 is 5.32 Å². The zero-order valence-corrected chi connectivity index (χ0v) is 10.1. The Labute approximate surface area is 103 Å². The highest BCUT2D eigenvalue weighted by Crippen LogP contribution is 2.29. The number of nitrogens with zero attached hydrogens (tertiary/aromatic N) is 1. The van der Waals surface area contributed by atoms with Crippen LogP contribution in [0.3, 0.4) is 0 Å².